The fraction of sp³-hybridized carbons (Fsp3) is 0.538. The summed E-state index contributed by atoms with van der Waals surface area (Å²) in [5.74, 6) is 0. The summed E-state index contributed by atoms with van der Waals surface area (Å²) in [5.41, 5.74) is 0. The molecule has 0 saturated carbocycles. The maximum Gasteiger partial charge on any atom is 0.185 e. The molecule has 0 fully saturated rings. The Balaban J connectivity index is 1.83. The van der Waals surface area contributed by atoms with E-state index in [2.05, 4.69) is 34.0 Å². The summed E-state index contributed by atoms with van der Waals surface area (Å²) >= 11 is 3.52. The van der Waals surface area contributed by atoms with Gasteiger partial charge in [0.1, 0.15) is 0 Å². The number of nitrogens with one attached hydrogen (secondary N) is 1. The third-order valence-corrected chi connectivity index (χ3v) is 4.81. The summed E-state index contributed by atoms with van der Waals surface area (Å²) in [6.07, 6.45) is 3.92. The second-order valence-electron chi connectivity index (χ2n) is 4.23. The number of rotatable bonds is 7. The number of hydrogen-bond donors (Lipinski definition) is 1. The second kappa shape index (κ2) is 6.98. The highest BCUT2D eigenvalue weighted by atomic mass is 32.1. The van der Waals surface area contributed by atoms with Gasteiger partial charge in [0, 0.05) is 48.3 Å². The third kappa shape index (κ3) is 3.99. The van der Waals surface area contributed by atoms with Crippen LogP contribution in [0.5, 0.6) is 0 Å². The van der Waals surface area contributed by atoms with Crippen molar-refractivity contribution in [3.63, 3.8) is 0 Å². The molecule has 0 atom stereocenters. The first kappa shape index (κ1) is 14.4. The van der Waals surface area contributed by atoms with Gasteiger partial charge >= 0.3 is 0 Å². The van der Waals surface area contributed by atoms with Gasteiger partial charge in [0.05, 0.1) is 5.01 Å². The number of anilines is 1. The molecule has 0 radical (unpaired) electrons. The molecule has 19 heavy (non-hydrogen) atoms. The van der Waals surface area contributed by atoms with Gasteiger partial charge in [-0.2, -0.15) is 0 Å². The minimum atomic E-state index is 0.871. The lowest BCUT2D eigenvalue weighted by Crippen LogP contribution is -2.21. The van der Waals surface area contributed by atoms with E-state index in [1.54, 1.807) is 22.7 Å². The van der Waals surface area contributed by atoms with E-state index in [9.17, 15) is 0 Å². The summed E-state index contributed by atoms with van der Waals surface area (Å²) in [6, 6.07) is 0. The van der Waals surface area contributed by atoms with E-state index in [0.717, 1.165) is 36.3 Å². The van der Waals surface area contributed by atoms with E-state index < -0.39 is 0 Å². The topological polar surface area (TPSA) is 41.1 Å². The molecule has 2 heterocycles. The number of thiazole rings is 2. The molecule has 0 spiro atoms. The van der Waals surface area contributed by atoms with Crippen molar-refractivity contribution in [2.45, 2.75) is 33.9 Å². The predicted octanol–water partition coefficient (Wildman–Crippen LogP) is 3.04. The zero-order chi connectivity index (χ0) is 13.7. The number of hydrogen-bond acceptors (Lipinski definition) is 6. The van der Waals surface area contributed by atoms with Crippen LogP contribution in [0.4, 0.5) is 5.13 Å². The normalized spacial score (nSPS) is 10.9. The Morgan fingerprint density at radius 3 is 2.26 bits per heavy atom. The van der Waals surface area contributed by atoms with Crippen LogP contribution >= 0.6 is 22.7 Å². The first-order valence-corrected chi connectivity index (χ1v) is 8.17. The summed E-state index contributed by atoms with van der Waals surface area (Å²) < 4.78 is 0. The Kier molecular flexibility index (Phi) is 5.30. The Morgan fingerprint density at radius 1 is 1.05 bits per heavy atom. The van der Waals surface area contributed by atoms with Crippen molar-refractivity contribution in [2.24, 2.45) is 0 Å². The molecule has 1 N–H and O–H groups in total. The van der Waals surface area contributed by atoms with Crippen molar-refractivity contribution in [3.8, 4) is 0 Å². The van der Waals surface area contributed by atoms with Gasteiger partial charge in [-0.15, -0.1) is 22.7 Å². The van der Waals surface area contributed by atoms with Gasteiger partial charge in [-0.1, -0.05) is 0 Å². The molecule has 0 saturated heterocycles. The maximum absolute atomic E-state index is 4.48. The lowest BCUT2D eigenvalue weighted by atomic mass is 10.5. The fourth-order valence-electron chi connectivity index (χ4n) is 1.82. The number of aryl methyl sites for hydroxylation is 1. The van der Waals surface area contributed by atoms with Crippen LogP contribution in [-0.2, 0) is 13.1 Å². The van der Waals surface area contributed by atoms with Crippen LogP contribution in [0.2, 0.25) is 0 Å². The molecule has 0 bridgehead atoms. The van der Waals surface area contributed by atoms with Gasteiger partial charge in [-0.25, -0.2) is 9.97 Å². The van der Waals surface area contributed by atoms with Crippen LogP contribution < -0.4 is 10.2 Å². The maximum atomic E-state index is 4.48. The molecule has 0 aromatic carbocycles. The van der Waals surface area contributed by atoms with Crippen LogP contribution in [0.3, 0.4) is 0 Å². The van der Waals surface area contributed by atoms with Crippen molar-refractivity contribution in [2.75, 3.05) is 18.0 Å². The van der Waals surface area contributed by atoms with Crippen molar-refractivity contribution < 1.29 is 0 Å². The lowest BCUT2D eigenvalue weighted by molar-refractivity contribution is 0.707. The standard InChI is InChI=1S/C13H20N4S2/c1-4-17(5-2)13-16-9-12(19-13)7-14-6-11-8-15-10(3)18-11/h8-9,14H,4-7H2,1-3H3. The van der Waals surface area contributed by atoms with Gasteiger partial charge in [-0.3, -0.25) is 0 Å². The third-order valence-electron chi connectivity index (χ3n) is 2.84. The second-order valence-corrected chi connectivity index (χ2v) is 6.64. The average Bonchev–Trinajstić information content (AvgIpc) is 3.01. The smallest absolute Gasteiger partial charge is 0.185 e. The molecule has 0 amide bonds. The van der Waals surface area contributed by atoms with E-state index in [1.165, 1.54) is 9.75 Å². The summed E-state index contributed by atoms with van der Waals surface area (Å²) in [4.78, 5) is 13.6. The van der Waals surface area contributed by atoms with Crippen molar-refractivity contribution in [3.05, 3.63) is 27.2 Å². The minimum absolute atomic E-state index is 0.871. The molecular weight excluding hydrogens is 276 g/mol. The monoisotopic (exact) mass is 296 g/mol. The van der Waals surface area contributed by atoms with Gasteiger partial charge in [-0.05, 0) is 20.8 Å². The predicted molar refractivity (Wildman–Crippen MR) is 83.1 cm³/mol. The Bertz CT molecular complexity index is 502. The van der Waals surface area contributed by atoms with Crippen molar-refractivity contribution in [1.82, 2.24) is 15.3 Å². The van der Waals surface area contributed by atoms with Crippen LogP contribution in [0.15, 0.2) is 12.4 Å². The molecule has 6 heteroatoms. The Labute approximate surface area is 122 Å². The highest BCUT2D eigenvalue weighted by molar-refractivity contribution is 7.15. The molecule has 0 unspecified atom stereocenters. The van der Waals surface area contributed by atoms with Gasteiger partial charge < -0.3 is 10.2 Å². The highest BCUT2D eigenvalue weighted by Crippen LogP contribution is 2.22. The molecule has 104 valence electrons. The largest absolute Gasteiger partial charge is 0.349 e. The summed E-state index contributed by atoms with van der Waals surface area (Å²) in [6.45, 7) is 10.1. The van der Waals surface area contributed by atoms with E-state index in [4.69, 9.17) is 0 Å². The molecule has 4 nitrogen and oxygen atoms in total. The van der Waals surface area contributed by atoms with Crippen LogP contribution in [-0.4, -0.2) is 23.1 Å². The van der Waals surface area contributed by atoms with Crippen molar-refractivity contribution >= 4 is 27.8 Å². The van der Waals surface area contributed by atoms with Crippen LogP contribution in [0.1, 0.15) is 28.6 Å². The molecule has 0 aliphatic heterocycles. The summed E-state index contributed by atoms with van der Waals surface area (Å²) in [5, 5.41) is 5.69. The van der Waals surface area contributed by atoms with Crippen LogP contribution in [0, 0.1) is 6.92 Å². The van der Waals surface area contributed by atoms with Crippen molar-refractivity contribution in [1.29, 1.82) is 0 Å². The molecular formula is C13H20N4S2. The van der Waals surface area contributed by atoms with Gasteiger partial charge in [0.2, 0.25) is 0 Å². The van der Waals surface area contributed by atoms with Crippen LogP contribution in [0.25, 0.3) is 0 Å². The van der Waals surface area contributed by atoms with Gasteiger partial charge in [0.25, 0.3) is 0 Å². The average molecular weight is 296 g/mol. The SMILES string of the molecule is CCN(CC)c1ncc(CNCc2cnc(C)s2)s1. The fourth-order valence-corrected chi connectivity index (χ4v) is 3.59. The Morgan fingerprint density at radius 2 is 1.68 bits per heavy atom. The molecule has 0 aliphatic carbocycles. The minimum Gasteiger partial charge on any atom is -0.349 e. The summed E-state index contributed by atoms with van der Waals surface area (Å²) in [7, 11) is 0. The number of nitrogens with zero attached hydrogens (tertiary/aromatic N) is 3. The van der Waals surface area contributed by atoms with E-state index in [-0.39, 0.29) is 0 Å². The molecule has 2 aromatic heterocycles. The van der Waals surface area contributed by atoms with Gasteiger partial charge in [0.15, 0.2) is 5.13 Å². The lowest BCUT2D eigenvalue weighted by Gasteiger charge is -2.16. The first-order valence-electron chi connectivity index (χ1n) is 6.54. The van der Waals surface area contributed by atoms with E-state index in [1.807, 2.05) is 19.3 Å². The molecule has 2 aromatic rings. The Hall–Kier alpha value is -0.980. The zero-order valence-electron chi connectivity index (χ0n) is 11.6. The molecule has 0 aliphatic rings. The highest BCUT2D eigenvalue weighted by Gasteiger charge is 2.07. The first-order chi connectivity index (χ1) is 9.22. The quantitative estimate of drug-likeness (QED) is 0.852. The van der Waals surface area contributed by atoms with E-state index in [0.29, 0.717) is 0 Å². The van der Waals surface area contributed by atoms with E-state index >= 15 is 0 Å². The molecule has 2 rings (SSSR count). The zero-order valence-corrected chi connectivity index (χ0v) is 13.3. The number of aromatic nitrogens is 2.